The lowest BCUT2D eigenvalue weighted by Gasteiger charge is -2.00. The van der Waals surface area contributed by atoms with E-state index in [-0.39, 0.29) is 5.56 Å². The number of aromatic amines is 1. The summed E-state index contributed by atoms with van der Waals surface area (Å²) in [7, 11) is 0. The third kappa shape index (κ3) is 2.76. The molecule has 120 valence electrons. The fourth-order valence-electron chi connectivity index (χ4n) is 2.65. The number of aryl methyl sites for hydroxylation is 1. The highest BCUT2D eigenvalue weighted by atomic mass is 32.1. The average molecular weight is 336 g/mol. The lowest BCUT2D eigenvalue weighted by Crippen LogP contribution is -2.10. The highest BCUT2D eigenvalue weighted by molar-refractivity contribution is 7.18. The average Bonchev–Trinajstić information content (AvgIpc) is 3.22. The van der Waals surface area contributed by atoms with Crippen LogP contribution in [0.2, 0.25) is 0 Å². The van der Waals surface area contributed by atoms with Crippen LogP contribution in [0.25, 0.3) is 15.9 Å². The monoisotopic (exact) mass is 336 g/mol. The number of hydrogen-bond acceptors (Lipinski definition) is 4. The van der Waals surface area contributed by atoms with E-state index in [1.165, 1.54) is 4.88 Å². The van der Waals surface area contributed by atoms with Crippen molar-refractivity contribution in [3.8, 4) is 5.69 Å². The van der Waals surface area contributed by atoms with E-state index >= 15 is 0 Å². The van der Waals surface area contributed by atoms with Gasteiger partial charge in [0.1, 0.15) is 10.7 Å². The van der Waals surface area contributed by atoms with Crippen molar-refractivity contribution in [3.05, 3.63) is 75.4 Å². The van der Waals surface area contributed by atoms with Gasteiger partial charge in [0.25, 0.3) is 5.56 Å². The van der Waals surface area contributed by atoms with Gasteiger partial charge >= 0.3 is 0 Å². The van der Waals surface area contributed by atoms with Gasteiger partial charge in [-0.2, -0.15) is 5.10 Å². The van der Waals surface area contributed by atoms with E-state index in [1.54, 1.807) is 11.3 Å². The summed E-state index contributed by atoms with van der Waals surface area (Å²) in [6.45, 7) is 2.08. The fourth-order valence-corrected chi connectivity index (χ4v) is 3.64. The molecule has 3 heterocycles. The quantitative estimate of drug-likeness (QED) is 0.622. The maximum Gasteiger partial charge on any atom is 0.259 e. The SMILES string of the molecule is CCc1cc2c(=O)[nH]c(Cc3cnn(-c4ccccc4)c3)nc2s1. The third-order valence-corrected chi connectivity index (χ3v) is 5.05. The topological polar surface area (TPSA) is 63.6 Å². The Bertz CT molecular complexity index is 1050. The number of hydrogen-bond donors (Lipinski definition) is 1. The second-order valence-corrected chi connectivity index (χ2v) is 6.72. The minimum Gasteiger partial charge on any atom is -0.310 e. The Kier molecular flexibility index (Phi) is 3.74. The number of nitrogens with zero attached hydrogens (tertiary/aromatic N) is 3. The van der Waals surface area contributed by atoms with E-state index in [1.807, 2.05) is 53.5 Å². The molecule has 0 amide bonds. The Hall–Kier alpha value is -2.73. The molecule has 6 heteroatoms. The number of nitrogens with one attached hydrogen (secondary N) is 1. The van der Waals surface area contributed by atoms with E-state index in [4.69, 9.17) is 0 Å². The van der Waals surface area contributed by atoms with Crippen molar-refractivity contribution in [2.45, 2.75) is 19.8 Å². The van der Waals surface area contributed by atoms with Gasteiger partial charge < -0.3 is 4.98 Å². The summed E-state index contributed by atoms with van der Waals surface area (Å²) >= 11 is 1.59. The van der Waals surface area contributed by atoms with Crippen molar-refractivity contribution >= 4 is 21.6 Å². The second-order valence-electron chi connectivity index (χ2n) is 5.60. The van der Waals surface area contributed by atoms with Gasteiger partial charge in [0.05, 0.1) is 17.3 Å². The van der Waals surface area contributed by atoms with Crippen molar-refractivity contribution < 1.29 is 0 Å². The van der Waals surface area contributed by atoms with Gasteiger partial charge in [-0.1, -0.05) is 25.1 Å². The molecule has 0 saturated heterocycles. The summed E-state index contributed by atoms with van der Waals surface area (Å²) in [5.41, 5.74) is 1.95. The number of aromatic nitrogens is 4. The van der Waals surface area contributed by atoms with Crippen molar-refractivity contribution in [1.29, 1.82) is 0 Å². The zero-order valence-electron chi connectivity index (χ0n) is 13.2. The smallest absolute Gasteiger partial charge is 0.259 e. The zero-order valence-corrected chi connectivity index (χ0v) is 14.0. The van der Waals surface area contributed by atoms with Crippen LogP contribution in [0.15, 0.2) is 53.6 Å². The molecule has 0 saturated carbocycles. The van der Waals surface area contributed by atoms with Gasteiger partial charge in [-0.3, -0.25) is 4.79 Å². The van der Waals surface area contributed by atoms with Gasteiger partial charge in [0, 0.05) is 17.5 Å². The van der Waals surface area contributed by atoms with E-state index < -0.39 is 0 Å². The Morgan fingerprint density at radius 3 is 2.88 bits per heavy atom. The molecule has 0 aliphatic heterocycles. The molecule has 1 aromatic carbocycles. The van der Waals surface area contributed by atoms with Crippen LogP contribution >= 0.6 is 11.3 Å². The third-order valence-electron chi connectivity index (χ3n) is 3.88. The highest BCUT2D eigenvalue weighted by Crippen LogP contribution is 2.21. The number of benzene rings is 1. The molecule has 0 unspecified atom stereocenters. The lowest BCUT2D eigenvalue weighted by atomic mass is 10.2. The van der Waals surface area contributed by atoms with Crippen LogP contribution in [0.3, 0.4) is 0 Å². The van der Waals surface area contributed by atoms with Crippen LogP contribution in [-0.2, 0) is 12.8 Å². The molecule has 3 aromatic heterocycles. The van der Waals surface area contributed by atoms with Gasteiger partial charge in [-0.15, -0.1) is 11.3 Å². The molecule has 4 aromatic rings. The molecule has 0 aliphatic carbocycles. The van der Waals surface area contributed by atoms with Crippen molar-refractivity contribution in [3.63, 3.8) is 0 Å². The first-order valence-electron chi connectivity index (χ1n) is 7.83. The molecule has 0 bridgehead atoms. The number of thiophene rings is 1. The van der Waals surface area contributed by atoms with Crippen molar-refractivity contribution in [1.82, 2.24) is 19.7 Å². The maximum atomic E-state index is 12.2. The van der Waals surface area contributed by atoms with Crippen molar-refractivity contribution in [2.24, 2.45) is 0 Å². The second kappa shape index (κ2) is 6.05. The van der Waals surface area contributed by atoms with E-state index in [0.29, 0.717) is 17.6 Å². The Labute approximate surface area is 142 Å². The fraction of sp³-hybridized carbons (Fsp3) is 0.167. The largest absolute Gasteiger partial charge is 0.310 e. The molecular formula is C18H16N4OS. The Balaban J connectivity index is 1.65. The highest BCUT2D eigenvalue weighted by Gasteiger charge is 2.10. The van der Waals surface area contributed by atoms with Crippen LogP contribution < -0.4 is 5.56 Å². The van der Waals surface area contributed by atoms with Gasteiger partial charge in [-0.05, 0) is 30.2 Å². The molecule has 24 heavy (non-hydrogen) atoms. The molecule has 1 N–H and O–H groups in total. The summed E-state index contributed by atoms with van der Waals surface area (Å²) < 4.78 is 1.83. The summed E-state index contributed by atoms with van der Waals surface area (Å²) in [6.07, 6.45) is 5.24. The predicted octanol–water partition coefficient (Wildman–Crippen LogP) is 3.32. The van der Waals surface area contributed by atoms with Crippen molar-refractivity contribution in [2.75, 3.05) is 0 Å². The van der Waals surface area contributed by atoms with Crippen LogP contribution in [0.1, 0.15) is 23.2 Å². The van der Waals surface area contributed by atoms with Crippen LogP contribution in [-0.4, -0.2) is 19.7 Å². The Morgan fingerprint density at radius 1 is 1.25 bits per heavy atom. The maximum absolute atomic E-state index is 12.2. The normalized spacial score (nSPS) is 11.2. The minimum absolute atomic E-state index is 0.0681. The van der Waals surface area contributed by atoms with Crippen LogP contribution in [0, 0.1) is 0 Å². The van der Waals surface area contributed by atoms with E-state index in [2.05, 4.69) is 22.0 Å². The zero-order chi connectivity index (χ0) is 16.5. The summed E-state index contributed by atoms with van der Waals surface area (Å²) in [4.78, 5) is 21.7. The van der Waals surface area contributed by atoms with Crippen LogP contribution in [0.5, 0.6) is 0 Å². The number of H-pyrrole nitrogens is 1. The summed E-state index contributed by atoms with van der Waals surface area (Å²) in [5.74, 6) is 0.671. The molecular weight excluding hydrogens is 320 g/mol. The summed E-state index contributed by atoms with van der Waals surface area (Å²) in [6, 6.07) is 11.9. The molecule has 0 aliphatic rings. The first-order valence-corrected chi connectivity index (χ1v) is 8.65. The number of fused-ring (bicyclic) bond motifs is 1. The molecule has 0 atom stereocenters. The first kappa shape index (κ1) is 14.8. The first-order chi connectivity index (χ1) is 11.7. The van der Waals surface area contributed by atoms with Gasteiger partial charge in [0.15, 0.2) is 0 Å². The predicted molar refractivity (Wildman–Crippen MR) is 96.0 cm³/mol. The molecule has 5 nitrogen and oxygen atoms in total. The standard InChI is InChI=1S/C18H16N4OS/c1-2-14-9-15-17(23)20-16(21-18(15)24-14)8-12-10-19-22(11-12)13-6-4-3-5-7-13/h3-7,9-11H,2,8H2,1H3,(H,20,21,23). The Morgan fingerprint density at radius 2 is 2.08 bits per heavy atom. The lowest BCUT2D eigenvalue weighted by molar-refractivity contribution is 0.879. The van der Waals surface area contributed by atoms with Crippen LogP contribution in [0.4, 0.5) is 0 Å². The molecule has 0 fully saturated rings. The van der Waals surface area contributed by atoms with E-state index in [0.717, 1.165) is 22.5 Å². The van der Waals surface area contributed by atoms with Gasteiger partial charge in [-0.25, -0.2) is 9.67 Å². The number of rotatable bonds is 4. The van der Waals surface area contributed by atoms with Gasteiger partial charge in [0.2, 0.25) is 0 Å². The van der Waals surface area contributed by atoms with E-state index in [9.17, 15) is 4.79 Å². The summed E-state index contributed by atoms with van der Waals surface area (Å²) in [5, 5.41) is 5.07. The minimum atomic E-state index is -0.0681. The number of para-hydroxylation sites is 1. The molecule has 0 radical (unpaired) electrons. The molecule has 0 spiro atoms. The molecule has 4 rings (SSSR count).